The SMILES string of the molecule is CC(C)c1n[nH]c(C2CN(Cc3cc(=O)n(C)c(=O)n3C)CCO2)n1. The summed E-state index contributed by atoms with van der Waals surface area (Å²) in [5.74, 6) is 1.73. The lowest BCUT2D eigenvalue weighted by Gasteiger charge is -2.32. The first-order valence-electron chi connectivity index (χ1n) is 8.39. The molecule has 0 radical (unpaired) electrons. The van der Waals surface area contributed by atoms with E-state index < -0.39 is 0 Å². The molecule has 1 unspecified atom stereocenters. The van der Waals surface area contributed by atoms with E-state index >= 15 is 0 Å². The number of aromatic amines is 1. The van der Waals surface area contributed by atoms with Gasteiger partial charge in [0.25, 0.3) is 5.56 Å². The normalized spacial score (nSPS) is 18.8. The van der Waals surface area contributed by atoms with Crippen LogP contribution in [0, 0.1) is 0 Å². The summed E-state index contributed by atoms with van der Waals surface area (Å²) in [6.45, 7) is 6.49. The largest absolute Gasteiger partial charge is 0.368 e. The summed E-state index contributed by atoms with van der Waals surface area (Å²) in [6.07, 6.45) is -0.197. The fraction of sp³-hybridized carbons (Fsp3) is 0.625. The molecule has 3 rings (SSSR count). The van der Waals surface area contributed by atoms with Gasteiger partial charge in [-0.3, -0.25) is 23.9 Å². The lowest BCUT2D eigenvalue weighted by Crippen LogP contribution is -2.42. The summed E-state index contributed by atoms with van der Waals surface area (Å²) in [5, 5.41) is 7.18. The van der Waals surface area contributed by atoms with Gasteiger partial charge in [-0.1, -0.05) is 13.8 Å². The highest BCUT2D eigenvalue weighted by atomic mass is 16.5. The van der Waals surface area contributed by atoms with Crippen LogP contribution in [0.25, 0.3) is 0 Å². The molecule has 1 aliphatic rings. The Morgan fingerprint density at radius 3 is 2.76 bits per heavy atom. The summed E-state index contributed by atoms with van der Waals surface area (Å²) in [6, 6.07) is 1.51. The predicted octanol–water partition coefficient (Wildman–Crippen LogP) is -0.101. The Bertz CT molecular complexity index is 865. The summed E-state index contributed by atoms with van der Waals surface area (Å²) >= 11 is 0. The van der Waals surface area contributed by atoms with Crippen molar-refractivity contribution in [2.24, 2.45) is 14.1 Å². The molecule has 1 atom stereocenters. The first-order chi connectivity index (χ1) is 11.9. The van der Waals surface area contributed by atoms with E-state index in [1.165, 1.54) is 17.7 Å². The Balaban J connectivity index is 1.76. The summed E-state index contributed by atoms with van der Waals surface area (Å²) in [5.41, 5.74) is 0.0815. The van der Waals surface area contributed by atoms with Gasteiger partial charge >= 0.3 is 5.69 Å². The van der Waals surface area contributed by atoms with E-state index in [9.17, 15) is 9.59 Å². The number of rotatable bonds is 4. The number of nitrogens with zero attached hydrogens (tertiary/aromatic N) is 5. The van der Waals surface area contributed by atoms with E-state index in [4.69, 9.17) is 4.74 Å². The zero-order valence-electron chi connectivity index (χ0n) is 15.0. The van der Waals surface area contributed by atoms with Crippen molar-refractivity contribution in [3.05, 3.63) is 44.2 Å². The molecule has 1 fully saturated rings. The van der Waals surface area contributed by atoms with Crippen molar-refractivity contribution < 1.29 is 4.74 Å². The van der Waals surface area contributed by atoms with Crippen LogP contribution in [0.4, 0.5) is 0 Å². The fourth-order valence-corrected chi connectivity index (χ4v) is 2.86. The molecule has 0 aliphatic carbocycles. The molecule has 0 saturated carbocycles. The van der Waals surface area contributed by atoms with Gasteiger partial charge in [-0.2, -0.15) is 5.10 Å². The van der Waals surface area contributed by atoms with E-state index in [1.807, 2.05) is 13.8 Å². The Labute approximate surface area is 145 Å². The van der Waals surface area contributed by atoms with E-state index in [1.54, 1.807) is 7.05 Å². The Morgan fingerprint density at radius 2 is 2.08 bits per heavy atom. The number of morpholine rings is 1. The van der Waals surface area contributed by atoms with E-state index in [0.29, 0.717) is 31.2 Å². The molecule has 2 aromatic heterocycles. The average molecular weight is 348 g/mol. The molecule has 0 spiro atoms. The molecular weight excluding hydrogens is 324 g/mol. The maximum Gasteiger partial charge on any atom is 0.330 e. The highest BCUT2D eigenvalue weighted by Crippen LogP contribution is 2.21. The minimum Gasteiger partial charge on any atom is -0.368 e. The monoisotopic (exact) mass is 348 g/mol. The molecular formula is C16H24N6O3. The van der Waals surface area contributed by atoms with E-state index in [2.05, 4.69) is 20.1 Å². The highest BCUT2D eigenvalue weighted by Gasteiger charge is 2.26. The van der Waals surface area contributed by atoms with Gasteiger partial charge in [0, 0.05) is 51.4 Å². The first-order valence-corrected chi connectivity index (χ1v) is 8.39. The molecule has 9 heteroatoms. The molecule has 9 nitrogen and oxygen atoms in total. The Morgan fingerprint density at radius 1 is 1.32 bits per heavy atom. The van der Waals surface area contributed by atoms with Crippen molar-refractivity contribution in [1.82, 2.24) is 29.2 Å². The quantitative estimate of drug-likeness (QED) is 0.828. The number of ether oxygens (including phenoxy) is 1. The van der Waals surface area contributed by atoms with Crippen LogP contribution in [0.2, 0.25) is 0 Å². The molecule has 25 heavy (non-hydrogen) atoms. The standard InChI is InChI=1S/C16H24N6O3/c1-10(2)14-17-15(19-18-14)12-9-22(5-6-25-12)8-11-7-13(23)21(4)16(24)20(11)3/h7,10,12H,5-6,8-9H2,1-4H3,(H,17,18,19). The van der Waals surface area contributed by atoms with Crippen LogP contribution in [0.15, 0.2) is 15.7 Å². The van der Waals surface area contributed by atoms with Crippen LogP contribution in [-0.2, 0) is 25.4 Å². The van der Waals surface area contributed by atoms with Gasteiger partial charge < -0.3 is 4.74 Å². The number of aromatic nitrogens is 5. The van der Waals surface area contributed by atoms with Crippen LogP contribution >= 0.6 is 0 Å². The third-order valence-electron chi connectivity index (χ3n) is 4.50. The zero-order chi connectivity index (χ0) is 18.1. The first kappa shape index (κ1) is 17.6. The second-order valence-corrected chi connectivity index (χ2v) is 6.70. The van der Waals surface area contributed by atoms with Gasteiger partial charge in [0.05, 0.1) is 6.61 Å². The van der Waals surface area contributed by atoms with Gasteiger partial charge in [-0.15, -0.1) is 0 Å². The van der Waals surface area contributed by atoms with Gasteiger partial charge in [0.2, 0.25) is 0 Å². The van der Waals surface area contributed by atoms with Crippen LogP contribution in [-0.4, -0.2) is 48.9 Å². The molecule has 1 N–H and O–H groups in total. The predicted molar refractivity (Wildman–Crippen MR) is 91.4 cm³/mol. The van der Waals surface area contributed by atoms with Crippen molar-refractivity contribution in [1.29, 1.82) is 0 Å². The van der Waals surface area contributed by atoms with E-state index in [0.717, 1.165) is 16.9 Å². The van der Waals surface area contributed by atoms with Gasteiger partial charge in [-0.05, 0) is 0 Å². The van der Waals surface area contributed by atoms with Crippen molar-refractivity contribution in [2.45, 2.75) is 32.4 Å². The van der Waals surface area contributed by atoms with Gasteiger partial charge in [0.15, 0.2) is 11.6 Å². The Kier molecular flexibility index (Phi) is 4.87. The van der Waals surface area contributed by atoms with Gasteiger partial charge in [-0.25, -0.2) is 9.78 Å². The molecule has 1 aliphatic heterocycles. The van der Waals surface area contributed by atoms with Crippen molar-refractivity contribution in [2.75, 3.05) is 19.7 Å². The molecule has 2 aromatic rings. The second-order valence-electron chi connectivity index (χ2n) is 6.70. The Hall–Kier alpha value is -2.26. The summed E-state index contributed by atoms with van der Waals surface area (Å²) in [7, 11) is 3.16. The van der Waals surface area contributed by atoms with Gasteiger partial charge in [0.1, 0.15) is 6.10 Å². The number of H-pyrrole nitrogens is 1. The maximum absolute atomic E-state index is 12.1. The molecule has 1 saturated heterocycles. The molecule has 0 bridgehead atoms. The zero-order valence-corrected chi connectivity index (χ0v) is 15.0. The molecule has 136 valence electrons. The third kappa shape index (κ3) is 3.57. The topological polar surface area (TPSA) is 98.0 Å². The highest BCUT2D eigenvalue weighted by molar-refractivity contribution is 5.04. The third-order valence-corrected chi connectivity index (χ3v) is 4.50. The fourth-order valence-electron chi connectivity index (χ4n) is 2.86. The van der Waals surface area contributed by atoms with Crippen LogP contribution < -0.4 is 11.2 Å². The van der Waals surface area contributed by atoms with Crippen molar-refractivity contribution in [3.63, 3.8) is 0 Å². The lowest BCUT2D eigenvalue weighted by atomic mass is 10.2. The van der Waals surface area contributed by atoms with Crippen LogP contribution in [0.3, 0.4) is 0 Å². The smallest absolute Gasteiger partial charge is 0.330 e. The second kappa shape index (κ2) is 6.93. The number of nitrogens with one attached hydrogen (secondary N) is 1. The van der Waals surface area contributed by atoms with Crippen molar-refractivity contribution in [3.8, 4) is 0 Å². The summed E-state index contributed by atoms with van der Waals surface area (Å²) < 4.78 is 8.43. The number of hydrogen-bond donors (Lipinski definition) is 1. The van der Waals surface area contributed by atoms with Crippen LogP contribution in [0.1, 0.15) is 43.2 Å². The maximum atomic E-state index is 12.1. The number of hydrogen-bond acceptors (Lipinski definition) is 6. The molecule has 0 amide bonds. The summed E-state index contributed by atoms with van der Waals surface area (Å²) in [4.78, 5) is 30.6. The minimum atomic E-state index is -0.316. The molecule has 0 aromatic carbocycles. The minimum absolute atomic E-state index is 0.197. The van der Waals surface area contributed by atoms with Crippen molar-refractivity contribution >= 4 is 0 Å². The lowest BCUT2D eigenvalue weighted by molar-refractivity contribution is -0.0377. The average Bonchev–Trinajstić information content (AvgIpc) is 3.08. The molecule has 3 heterocycles. The van der Waals surface area contributed by atoms with E-state index in [-0.39, 0.29) is 23.3 Å². The van der Waals surface area contributed by atoms with Crippen LogP contribution in [0.5, 0.6) is 0 Å².